The summed E-state index contributed by atoms with van der Waals surface area (Å²) in [4.78, 5) is 2.50. The Labute approximate surface area is 162 Å². The Kier molecular flexibility index (Phi) is 6.35. The summed E-state index contributed by atoms with van der Waals surface area (Å²) >= 11 is 0. The third-order valence-electron chi connectivity index (χ3n) is 5.04. The maximum atomic E-state index is 5.43. The largest absolute Gasteiger partial charge is 0.497 e. The highest BCUT2D eigenvalue weighted by Gasteiger charge is 2.16. The minimum absolute atomic E-state index is 0.770. The van der Waals surface area contributed by atoms with E-state index in [1.807, 2.05) is 24.4 Å². The summed E-state index contributed by atoms with van der Waals surface area (Å²) in [5.74, 6) is 1.55. The fraction of sp³-hybridized carbons (Fsp3) is 0.409. The molecule has 0 unspecified atom stereocenters. The van der Waals surface area contributed by atoms with Gasteiger partial charge in [0.2, 0.25) is 0 Å². The molecule has 1 saturated heterocycles. The van der Waals surface area contributed by atoms with E-state index in [0.717, 1.165) is 49.8 Å². The molecule has 5 heteroatoms. The normalized spacial score (nSPS) is 15.3. The molecule has 0 aromatic heterocycles. The number of hydrazone groups is 1. The van der Waals surface area contributed by atoms with Gasteiger partial charge in [-0.2, -0.15) is 5.10 Å². The number of ether oxygens (including phenoxy) is 2. The van der Waals surface area contributed by atoms with Gasteiger partial charge in [-0.1, -0.05) is 23.8 Å². The molecule has 2 aromatic rings. The van der Waals surface area contributed by atoms with Crippen molar-refractivity contribution in [2.75, 3.05) is 40.4 Å². The Morgan fingerprint density at radius 1 is 0.963 bits per heavy atom. The highest BCUT2D eigenvalue weighted by molar-refractivity contribution is 5.83. The first-order valence-corrected chi connectivity index (χ1v) is 9.38. The lowest BCUT2D eigenvalue weighted by atomic mass is 10.1. The zero-order valence-electron chi connectivity index (χ0n) is 16.7. The van der Waals surface area contributed by atoms with Crippen LogP contribution in [-0.4, -0.2) is 56.5 Å². The first-order valence-electron chi connectivity index (χ1n) is 9.38. The maximum absolute atomic E-state index is 5.43. The number of methoxy groups -OCH3 is 2. The Hall–Kier alpha value is -2.53. The number of benzene rings is 2. The van der Waals surface area contributed by atoms with Gasteiger partial charge in [0.05, 0.1) is 20.4 Å². The third-order valence-corrected chi connectivity index (χ3v) is 5.04. The van der Waals surface area contributed by atoms with E-state index >= 15 is 0 Å². The van der Waals surface area contributed by atoms with Gasteiger partial charge in [0.25, 0.3) is 0 Å². The van der Waals surface area contributed by atoms with E-state index in [1.54, 1.807) is 14.2 Å². The maximum Gasteiger partial charge on any atom is 0.131 e. The van der Waals surface area contributed by atoms with Gasteiger partial charge in [0, 0.05) is 44.4 Å². The molecular weight excluding hydrogens is 338 g/mol. The van der Waals surface area contributed by atoms with Crippen LogP contribution >= 0.6 is 0 Å². The number of hydrogen-bond acceptors (Lipinski definition) is 5. The van der Waals surface area contributed by atoms with E-state index in [-0.39, 0.29) is 0 Å². The zero-order chi connectivity index (χ0) is 19.2. The number of piperazine rings is 1. The molecule has 0 radical (unpaired) electrons. The van der Waals surface area contributed by atoms with Crippen molar-refractivity contribution in [1.29, 1.82) is 0 Å². The Balaban J connectivity index is 1.55. The molecule has 144 valence electrons. The van der Waals surface area contributed by atoms with Gasteiger partial charge in [-0.3, -0.25) is 9.91 Å². The van der Waals surface area contributed by atoms with Crippen molar-refractivity contribution in [1.82, 2.24) is 9.91 Å². The van der Waals surface area contributed by atoms with Crippen LogP contribution in [0.15, 0.2) is 41.5 Å². The molecular formula is C22H29N3O2. The van der Waals surface area contributed by atoms with Gasteiger partial charge < -0.3 is 9.47 Å². The number of hydrogen-bond donors (Lipinski definition) is 0. The van der Waals surface area contributed by atoms with Crippen LogP contribution < -0.4 is 9.47 Å². The lowest BCUT2D eigenvalue weighted by Crippen LogP contribution is -2.43. The van der Waals surface area contributed by atoms with E-state index in [2.05, 4.69) is 47.1 Å². The Morgan fingerprint density at radius 3 is 2.41 bits per heavy atom. The second kappa shape index (κ2) is 8.91. The van der Waals surface area contributed by atoms with Crippen molar-refractivity contribution in [3.8, 4) is 11.5 Å². The molecule has 27 heavy (non-hydrogen) atoms. The summed E-state index contributed by atoms with van der Waals surface area (Å²) in [6, 6.07) is 12.5. The summed E-state index contributed by atoms with van der Waals surface area (Å²) < 4.78 is 10.7. The third kappa shape index (κ3) is 5.01. The van der Waals surface area contributed by atoms with Gasteiger partial charge >= 0.3 is 0 Å². The van der Waals surface area contributed by atoms with Crippen molar-refractivity contribution in [3.05, 3.63) is 58.7 Å². The Morgan fingerprint density at radius 2 is 1.74 bits per heavy atom. The number of nitrogens with zero attached hydrogens (tertiary/aromatic N) is 3. The molecule has 1 aliphatic heterocycles. The smallest absolute Gasteiger partial charge is 0.131 e. The monoisotopic (exact) mass is 367 g/mol. The lowest BCUT2D eigenvalue weighted by molar-refractivity contribution is 0.131. The summed E-state index contributed by atoms with van der Waals surface area (Å²) in [7, 11) is 3.32. The average Bonchev–Trinajstić information content (AvgIpc) is 2.69. The molecule has 1 fully saturated rings. The van der Waals surface area contributed by atoms with Crippen LogP contribution in [0.25, 0.3) is 0 Å². The van der Waals surface area contributed by atoms with E-state index < -0.39 is 0 Å². The molecule has 0 spiro atoms. The van der Waals surface area contributed by atoms with Gasteiger partial charge in [-0.05, 0) is 37.1 Å². The van der Waals surface area contributed by atoms with Crippen LogP contribution in [-0.2, 0) is 6.54 Å². The van der Waals surface area contributed by atoms with E-state index in [0.29, 0.717) is 0 Å². The van der Waals surface area contributed by atoms with Crippen LogP contribution in [0.2, 0.25) is 0 Å². The first kappa shape index (κ1) is 19.2. The van der Waals surface area contributed by atoms with Crippen LogP contribution in [0.1, 0.15) is 22.3 Å². The standard InChI is InChI=1S/C22H29N3O2/c1-17-5-6-20(18(2)13-17)16-24-9-11-25(12-10-24)23-15-19-7-8-21(26-3)14-22(19)27-4/h5-8,13-15H,9-12,16H2,1-4H3/b23-15-. The summed E-state index contributed by atoms with van der Waals surface area (Å²) in [6.45, 7) is 9.25. The average molecular weight is 367 g/mol. The Bertz CT molecular complexity index is 796. The summed E-state index contributed by atoms with van der Waals surface area (Å²) in [5, 5.41) is 6.78. The van der Waals surface area contributed by atoms with Gasteiger partial charge in [-0.15, -0.1) is 0 Å². The number of aryl methyl sites for hydroxylation is 2. The van der Waals surface area contributed by atoms with Crippen molar-refractivity contribution in [2.45, 2.75) is 20.4 Å². The predicted molar refractivity (Wildman–Crippen MR) is 110 cm³/mol. The van der Waals surface area contributed by atoms with Crippen molar-refractivity contribution in [3.63, 3.8) is 0 Å². The molecule has 5 nitrogen and oxygen atoms in total. The van der Waals surface area contributed by atoms with Crippen molar-refractivity contribution < 1.29 is 9.47 Å². The van der Waals surface area contributed by atoms with Gasteiger partial charge in [0.1, 0.15) is 11.5 Å². The van der Waals surface area contributed by atoms with E-state index in [9.17, 15) is 0 Å². The second-order valence-corrected chi connectivity index (χ2v) is 7.01. The fourth-order valence-electron chi connectivity index (χ4n) is 3.34. The van der Waals surface area contributed by atoms with Gasteiger partial charge in [0.15, 0.2) is 0 Å². The second-order valence-electron chi connectivity index (χ2n) is 7.01. The molecule has 0 atom stereocenters. The van der Waals surface area contributed by atoms with Crippen LogP contribution in [0.3, 0.4) is 0 Å². The highest BCUT2D eigenvalue weighted by atomic mass is 16.5. The number of rotatable bonds is 6. The van der Waals surface area contributed by atoms with Crippen LogP contribution in [0, 0.1) is 13.8 Å². The molecule has 0 amide bonds. The first-order chi connectivity index (χ1) is 13.1. The topological polar surface area (TPSA) is 37.3 Å². The van der Waals surface area contributed by atoms with Gasteiger partial charge in [-0.25, -0.2) is 0 Å². The van der Waals surface area contributed by atoms with E-state index in [1.165, 1.54) is 16.7 Å². The fourth-order valence-corrected chi connectivity index (χ4v) is 3.34. The lowest BCUT2D eigenvalue weighted by Gasteiger charge is -2.33. The minimum Gasteiger partial charge on any atom is -0.497 e. The van der Waals surface area contributed by atoms with Crippen LogP contribution in [0.4, 0.5) is 0 Å². The molecule has 3 rings (SSSR count). The predicted octanol–water partition coefficient (Wildman–Crippen LogP) is 3.47. The van der Waals surface area contributed by atoms with Crippen LogP contribution in [0.5, 0.6) is 11.5 Å². The quantitative estimate of drug-likeness (QED) is 0.733. The molecule has 1 heterocycles. The highest BCUT2D eigenvalue weighted by Crippen LogP contribution is 2.23. The molecule has 1 aliphatic rings. The van der Waals surface area contributed by atoms with E-state index in [4.69, 9.17) is 9.47 Å². The van der Waals surface area contributed by atoms with Crippen molar-refractivity contribution in [2.24, 2.45) is 5.10 Å². The SMILES string of the molecule is COc1ccc(/C=N\N2CCN(Cc3ccc(C)cc3C)CC2)c(OC)c1. The molecule has 2 aromatic carbocycles. The van der Waals surface area contributed by atoms with Crippen molar-refractivity contribution >= 4 is 6.21 Å². The minimum atomic E-state index is 0.770. The zero-order valence-corrected chi connectivity index (χ0v) is 16.7. The molecule has 0 saturated carbocycles. The summed E-state index contributed by atoms with van der Waals surface area (Å²) in [5.41, 5.74) is 5.07. The molecule has 0 bridgehead atoms. The summed E-state index contributed by atoms with van der Waals surface area (Å²) in [6.07, 6.45) is 1.87. The molecule has 0 aliphatic carbocycles. The molecule has 0 N–H and O–H groups in total.